The van der Waals surface area contributed by atoms with Gasteiger partial charge in [-0.2, -0.15) is 0 Å². The van der Waals surface area contributed by atoms with Crippen molar-refractivity contribution in [3.63, 3.8) is 0 Å². The zero-order valence-electron chi connectivity index (χ0n) is 19.5. The fourth-order valence-electron chi connectivity index (χ4n) is 4.69. The average molecular weight is 418 g/mol. The van der Waals surface area contributed by atoms with Gasteiger partial charge < -0.3 is 20.4 Å². The van der Waals surface area contributed by atoms with Crippen LogP contribution < -0.4 is 5.73 Å². The predicted molar refractivity (Wildman–Crippen MR) is 126 cm³/mol. The fourth-order valence-corrected chi connectivity index (χ4v) is 4.69. The van der Waals surface area contributed by atoms with Crippen molar-refractivity contribution < 1.29 is 4.79 Å². The molecular weight excluding hydrogens is 374 g/mol. The van der Waals surface area contributed by atoms with Crippen LogP contribution in [0.4, 0.5) is 0 Å². The van der Waals surface area contributed by atoms with Gasteiger partial charge >= 0.3 is 0 Å². The van der Waals surface area contributed by atoms with E-state index in [9.17, 15) is 4.79 Å². The van der Waals surface area contributed by atoms with E-state index in [1.165, 1.54) is 51.3 Å². The first-order valence-electron chi connectivity index (χ1n) is 11.8. The van der Waals surface area contributed by atoms with E-state index in [-0.39, 0.29) is 5.91 Å². The minimum absolute atomic E-state index is 0.0580. The minimum atomic E-state index is 0.0580. The summed E-state index contributed by atoms with van der Waals surface area (Å²) in [4.78, 5) is 24.7. The highest BCUT2D eigenvalue weighted by molar-refractivity contribution is 5.94. The van der Waals surface area contributed by atoms with E-state index >= 15 is 0 Å². The molecule has 2 rings (SSSR count). The van der Waals surface area contributed by atoms with E-state index in [4.69, 9.17) is 5.73 Å². The number of aliphatic imine (C=N–C) groups is 1. The molecule has 1 saturated carbocycles. The van der Waals surface area contributed by atoms with Gasteiger partial charge in [0.15, 0.2) is 0 Å². The molecule has 6 nitrogen and oxygen atoms in total. The zero-order valence-corrected chi connectivity index (χ0v) is 19.5. The van der Waals surface area contributed by atoms with E-state index in [0.29, 0.717) is 17.3 Å². The van der Waals surface area contributed by atoms with Gasteiger partial charge in [0.25, 0.3) is 5.91 Å². The molecule has 2 fully saturated rings. The summed E-state index contributed by atoms with van der Waals surface area (Å²) in [5, 5.41) is 0. The number of carbonyl (C=O) groups excluding carboxylic acids is 1. The molecule has 1 aliphatic carbocycles. The van der Waals surface area contributed by atoms with Crippen molar-refractivity contribution in [2.75, 3.05) is 46.8 Å². The van der Waals surface area contributed by atoms with Gasteiger partial charge in [-0.15, -0.1) is 0 Å². The largest absolute Gasteiger partial charge is 0.390 e. The summed E-state index contributed by atoms with van der Waals surface area (Å²) in [6.45, 7) is 11.2. The molecule has 0 aromatic carbocycles. The quantitative estimate of drug-likeness (QED) is 0.241. The topological polar surface area (TPSA) is 65.2 Å². The Morgan fingerprint density at radius 1 is 1.17 bits per heavy atom. The Morgan fingerprint density at radius 3 is 2.40 bits per heavy atom. The average Bonchev–Trinajstić information content (AvgIpc) is 3.25. The molecule has 1 heterocycles. The van der Waals surface area contributed by atoms with Crippen molar-refractivity contribution in [2.24, 2.45) is 16.6 Å². The van der Waals surface area contributed by atoms with Crippen LogP contribution in [-0.2, 0) is 4.79 Å². The molecule has 6 heteroatoms. The third-order valence-electron chi connectivity index (χ3n) is 6.34. The molecule has 2 N–H and O–H groups in total. The van der Waals surface area contributed by atoms with Crippen LogP contribution in [0.2, 0.25) is 0 Å². The smallest absolute Gasteiger partial charge is 0.272 e. The summed E-state index contributed by atoms with van der Waals surface area (Å²) >= 11 is 0. The maximum absolute atomic E-state index is 13.8. The van der Waals surface area contributed by atoms with Gasteiger partial charge in [0, 0.05) is 33.7 Å². The van der Waals surface area contributed by atoms with Crippen molar-refractivity contribution in [3.8, 4) is 0 Å². The SMILES string of the molecule is C=C(CCC)/C(N=CN)=C(/C(=O)N(CCN1CCCC1)CC1CCCCC1)N(C)C. The van der Waals surface area contributed by atoms with Gasteiger partial charge in [-0.05, 0) is 56.7 Å². The Hall–Kier alpha value is -1.82. The maximum atomic E-state index is 13.8. The Morgan fingerprint density at radius 2 is 1.83 bits per heavy atom. The third-order valence-corrected chi connectivity index (χ3v) is 6.34. The molecule has 170 valence electrons. The van der Waals surface area contributed by atoms with E-state index in [0.717, 1.165) is 51.1 Å². The highest BCUT2D eigenvalue weighted by atomic mass is 16.2. The number of amides is 1. The van der Waals surface area contributed by atoms with Crippen LogP contribution in [0.15, 0.2) is 28.5 Å². The summed E-state index contributed by atoms with van der Waals surface area (Å²) in [6, 6.07) is 0. The molecular formula is C24H43N5O. The van der Waals surface area contributed by atoms with E-state index < -0.39 is 0 Å². The molecule has 0 aromatic rings. The van der Waals surface area contributed by atoms with Crippen molar-refractivity contribution in [3.05, 3.63) is 23.5 Å². The van der Waals surface area contributed by atoms with Gasteiger partial charge in [0.1, 0.15) is 5.70 Å². The molecule has 0 radical (unpaired) electrons. The van der Waals surface area contributed by atoms with Crippen molar-refractivity contribution in [1.82, 2.24) is 14.7 Å². The number of allylic oxidation sites excluding steroid dienone is 1. The van der Waals surface area contributed by atoms with Crippen LogP contribution in [0.25, 0.3) is 0 Å². The monoisotopic (exact) mass is 417 g/mol. The van der Waals surface area contributed by atoms with Crippen molar-refractivity contribution in [2.45, 2.75) is 64.7 Å². The predicted octanol–water partition coefficient (Wildman–Crippen LogP) is 3.61. The summed E-state index contributed by atoms with van der Waals surface area (Å²) in [5.74, 6) is 0.660. The molecule has 0 atom stereocenters. The fraction of sp³-hybridized carbons (Fsp3) is 0.750. The van der Waals surface area contributed by atoms with Gasteiger partial charge in [0.2, 0.25) is 0 Å². The van der Waals surface area contributed by atoms with E-state index in [1.54, 1.807) is 0 Å². The molecule has 1 saturated heterocycles. The van der Waals surface area contributed by atoms with Gasteiger partial charge in [0.05, 0.1) is 12.0 Å². The van der Waals surface area contributed by atoms with Crippen LogP contribution in [0, 0.1) is 5.92 Å². The van der Waals surface area contributed by atoms with Crippen LogP contribution in [0.1, 0.15) is 64.7 Å². The Balaban J connectivity index is 2.28. The van der Waals surface area contributed by atoms with Gasteiger partial charge in [-0.3, -0.25) is 4.79 Å². The number of nitrogens with two attached hydrogens (primary N) is 1. The van der Waals surface area contributed by atoms with Crippen LogP contribution in [-0.4, -0.2) is 73.8 Å². The van der Waals surface area contributed by atoms with Crippen molar-refractivity contribution >= 4 is 12.2 Å². The number of nitrogens with zero attached hydrogens (tertiary/aromatic N) is 4. The summed E-state index contributed by atoms with van der Waals surface area (Å²) in [7, 11) is 3.83. The number of likely N-dealkylation sites (tertiary alicyclic amines) is 1. The Kier molecular flexibility index (Phi) is 10.4. The van der Waals surface area contributed by atoms with Crippen LogP contribution >= 0.6 is 0 Å². The zero-order chi connectivity index (χ0) is 21.9. The summed E-state index contributed by atoms with van der Waals surface area (Å²) < 4.78 is 0. The minimum Gasteiger partial charge on any atom is -0.390 e. The summed E-state index contributed by atoms with van der Waals surface area (Å²) in [6.07, 6.45) is 11.9. The lowest BCUT2D eigenvalue weighted by molar-refractivity contribution is -0.129. The van der Waals surface area contributed by atoms with Crippen LogP contribution in [0.5, 0.6) is 0 Å². The maximum Gasteiger partial charge on any atom is 0.272 e. The first kappa shape index (κ1) is 24.4. The van der Waals surface area contributed by atoms with Gasteiger partial charge in [-0.1, -0.05) is 39.2 Å². The molecule has 0 spiro atoms. The lowest BCUT2D eigenvalue weighted by Gasteiger charge is -2.33. The number of hydrogen-bond donors (Lipinski definition) is 1. The first-order valence-corrected chi connectivity index (χ1v) is 11.8. The lowest BCUT2D eigenvalue weighted by Crippen LogP contribution is -2.44. The highest BCUT2D eigenvalue weighted by Crippen LogP contribution is 2.27. The van der Waals surface area contributed by atoms with E-state index in [2.05, 4.69) is 28.3 Å². The Labute approximate surface area is 183 Å². The highest BCUT2D eigenvalue weighted by Gasteiger charge is 2.28. The molecule has 0 aromatic heterocycles. The number of likely N-dealkylation sites (N-methyl/N-ethyl adjacent to an activating group) is 1. The van der Waals surface area contributed by atoms with E-state index in [1.807, 2.05) is 19.0 Å². The molecule has 1 amide bonds. The lowest BCUT2D eigenvalue weighted by atomic mass is 9.89. The van der Waals surface area contributed by atoms with Crippen molar-refractivity contribution in [1.29, 1.82) is 0 Å². The Bertz CT molecular complexity index is 613. The van der Waals surface area contributed by atoms with Gasteiger partial charge in [-0.25, -0.2) is 4.99 Å². The summed E-state index contributed by atoms with van der Waals surface area (Å²) in [5.41, 5.74) is 7.75. The molecule has 30 heavy (non-hydrogen) atoms. The van der Waals surface area contributed by atoms with Crippen LogP contribution in [0.3, 0.4) is 0 Å². The number of rotatable bonds is 11. The second-order valence-electron chi connectivity index (χ2n) is 9.03. The number of carbonyl (C=O) groups is 1. The first-order chi connectivity index (χ1) is 14.5. The molecule has 2 aliphatic rings. The molecule has 0 bridgehead atoms. The third kappa shape index (κ3) is 7.15. The number of hydrogen-bond acceptors (Lipinski definition) is 4. The standard InChI is InChI=1S/C24H43N5O/c1-5-11-20(2)22(26-19-25)23(27(3)4)24(30)29(17-16-28-14-9-10-15-28)18-21-12-7-6-8-13-21/h19,21H,2,5-18H2,1,3-4H3,(H2,25,26)/b23-22+. The normalized spacial score (nSPS) is 19.2. The second-order valence-corrected chi connectivity index (χ2v) is 9.03. The second kappa shape index (κ2) is 12.8. The molecule has 1 aliphatic heterocycles. The molecule has 0 unspecified atom stereocenters.